The van der Waals surface area contributed by atoms with Gasteiger partial charge in [0.15, 0.2) is 0 Å². The third-order valence-electron chi connectivity index (χ3n) is 3.29. The molecule has 3 nitrogen and oxygen atoms in total. The Hall–Kier alpha value is -0.330. The molecule has 1 atom stereocenters. The minimum atomic E-state index is 0.649. The van der Waals surface area contributed by atoms with Gasteiger partial charge in [-0.1, -0.05) is 6.07 Å². The number of nitrogens with one attached hydrogen (secondary N) is 1. The third kappa shape index (κ3) is 4.40. The highest BCUT2D eigenvalue weighted by Crippen LogP contribution is 2.15. The third-order valence-corrected chi connectivity index (χ3v) is 3.96. The van der Waals surface area contributed by atoms with Gasteiger partial charge in [-0.2, -0.15) is 0 Å². The van der Waals surface area contributed by atoms with E-state index in [-0.39, 0.29) is 0 Å². The van der Waals surface area contributed by atoms with Crippen LogP contribution in [-0.2, 0) is 0 Å². The molecule has 1 aliphatic rings. The summed E-state index contributed by atoms with van der Waals surface area (Å²) in [6.45, 7) is 7.60. The van der Waals surface area contributed by atoms with E-state index < -0.39 is 0 Å². The number of benzene rings is 1. The van der Waals surface area contributed by atoms with E-state index in [4.69, 9.17) is 4.74 Å². The first-order chi connectivity index (χ1) is 8.75. The van der Waals surface area contributed by atoms with Gasteiger partial charge in [-0.25, -0.2) is 0 Å². The van der Waals surface area contributed by atoms with Gasteiger partial charge in [0.25, 0.3) is 0 Å². The van der Waals surface area contributed by atoms with Crippen molar-refractivity contribution in [3.63, 3.8) is 0 Å². The molecule has 100 valence electrons. The molecule has 1 N–H and O–H groups in total. The largest absolute Gasteiger partial charge is 0.494 e. The minimum absolute atomic E-state index is 0.649. The van der Waals surface area contributed by atoms with Gasteiger partial charge < -0.3 is 10.1 Å². The summed E-state index contributed by atoms with van der Waals surface area (Å²) in [6, 6.07) is 8.87. The van der Waals surface area contributed by atoms with Gasteiger partial charge in [-0.05, 0) is 54.1 Å². The number of halogens is 1. The lowest BCUT2D eigenvalue weighted by molar-refractivity contribution is 0.160. The number of hydrogen-bond donors (Lipinski definition) is 1. The molecule has 1 heterocycles. The molecule has 0 amide bonds. The van der Waals surface area contributed by atoms with Crippen molar-refractivity contribution in [2.24, 2.45) is 0 Å². The van der Waals surface area contributed by atoms with Crippen molar-refractivity contribution < 1.29 is 4.74 Å². The summed E-state index contributed by atoms with van der Waals surface area (Å²) >= 11 is 2.31. The molecule has 1 aromatic rings. The van der Waals surface area contributed by atoms with E-state index in [0.29, 0.717) is 6.04 Å². The average molecular weight is 360 g/mol. The van der Waals surface area contributed by atoms with Crippen molar-refractivity contribution in [2.45, 2.75) is 19.4 Å². The molecule has 0 aromatic heterocycles. The lowest BCUT2D eigenvalue weighted by atomic mass is 10.2. The predicted molar refractivity (Wildman–Crippen MR) is 83.2 cm³/mol. The van der Waals surface area contributed by atoms with Crippen LogP contribution >= 0.6 is 22.6 Å². The molecule has 0 bridgehead atoms. The van der Waals surface area contributed by atoms with Crippen LogP contribution in [0.25, 0.3) is 0 Å². The Bertz CT molecular complexity index is 373. The standard InChI is InChI=1S/C14H21IN2O/c1-12-11-16-6-8-17(12)7-3-9-18-14-5-2-4-13(15)10-14/h2,4-5,10,12,16H,3,6-9,11H2,1H3/t12-/m0/s1. The van der Waals surface area contributed by atoms with Crippen LogP contribution in [-0.4, -0.2) is 43.7 Å². The van der Waals surface area contributed by atoms with E-state index >= 15 is 0 Å². The predicted octanol–water partition coefficient (Wildman–Crippen LogP) is 2.35. The van der Waals surface area contributed by atoms with Gasteiger partial charge >= 0.3 is 0 Å². The quantitative estimate of drug-likeness (QED) is 0.645. The van der Waals surface area contributed by atoms with Crippen LogP contribution in [0, 0.1) is 3.57 Å². The molecule has 1 aromatic carbocycles. The topological polar surface area (TPSA) is 24.5 Å². The molecular formula is C14H21IN2O. The normalized spacial score (nSPS) is 20.9. The lowest BCUT2D eigenvalue weighted by Crippen LogP contribution is -2.50. The summed E-state index contributed by atoms with van der Waals surface area (Å²) in [5.74, 6) is 0.982. The molecule has 18 heavy (non-hydrogen) atoms. The number of ether oxygens (including phenoxy) is 1. The molecule has 0 unspecified atom stereocenters. The van der Waals surface area contributed by atoms with Crippen molar-refractivity contribution in [3.8, 4) is 5.75 Å². The van der Waals surface area contributed by atoms with Crippen LogP contribution < -0.4 is 10.1 Å². The van der Waals surface area contributed by atoms with Crippen LogP contribution in [0.15, 0.2) is 24.3 Å². The first-order valence-electron chi connectivity index (χ1n) is 6.59. The fraction of sp³-hybridized carbons (Fsp3) is 0.571. The van der Waals surface area contributed by atoms with E-state index in [1.807, 2.05) is 12.1 Å². The van der Waals surface area contributed by atoms with Gasteiger partial charge in [0.2, 0.25) is 0 Å². The maximum absolute atomic E-state index is 5.77. The van der Waals surface area contributed by atoms with Crippen molar-refractivity contribution in [1.29, 1.82) is 0 Å². The molecule has 2 rings (SSSR count). The molecule has 0 spiro atoms. The average Bonchev–Trinajstić information content (AvgIpc) is 2.37. The zero-order chi connectivity index (χ0) is 12.8. The van der Waals surface area contributed by atoms with E-state index in [9.17, 15) is 0 Å². The molecule has 4 heteroatoms. The monoisotopic (exact) mass is 360 g/mol. The maximum atomic E-state index is 5.77. The zero-order valence-electron chi connectivity index (χ0n) is 10.9. The van der Waals surface area contributed by atoms with Gasteiger partial charge in [0, 0.05) is 35.8 Å². The van der Waals surface area contributed by atoms with Gasteiger partial charge in [-0.15, -0.1) is 0 Å². The Labute approximate surface area is 123 Å². The lowest BCUT2D eigenvalue weighted by Gasteiger charge is -2.33. The van der Waals surface area contributed by atoms with E-state index in [1.165, 1.54) is 3.57 Å². The summed E-state index contributed by atoms with van der Waals surface area (Å²) in [4.78, 5) is 2.54. The second kappa shape index (κ2) is 7.31. The van der Waals surface area contributed by atoms with Crippen LogP contribution in [0.5, 0.6) is 5.75 Å². The molecular weight excluding hydrogens is 339 g/mol. The first kappa shape index (κ1) is 14.1. The number of rotatable bonds is 5. The van der Waals surface area contributed by atoms with E-state index in [2.05, 4.69) is 51.9 Å². The summed E-state index contributed by atoms with van der Waals surface area (Å²) in [5, 5.41) is 3.41. The number of hydrogen-bond acceptors (Lipinski definition) is 3. The zero-order valence-corrected chi connectivity index (χ0v) is 13.0. The SMILES string of the molecule is C[C@H]1CNCCN1CCCOc1cccc(I)c1. The van der Waals surface area contributed by atoms with Crippen LogP contribution in [0.3, 0.4) is 0 Å². The maximum Gasteiger partial charge on any atom is 0.120 e. The Morgan fingerprint density at radius 2 is 2.39 bits per heavy atom. The number of nitrogens with zero attached hydrogens (tertiary/aromatic N) is 1. The van der Waals surface area contributed by atoms with E-state index in [0.717, 1.165) is 45.0 Å². The van der Waals surface area contributed by atoms with Gasteiger partial charge in [0.1, 0.15) is 5.75 Å². The molecule has 0 saturated carbocycles. The molecule has 0 aliphatic carbocycles. The highest BCUT2D eigenvalue weighted by atomic mass is 127. The van der Waals surface area contributed by atoms with Crippen molar-refractivity contribution in [2.75, 3.05) is 32.8 Å². The Morgan fingerprint density at radius 3 is 3.17 bits per heavy atom. The summed E-state index contributed by atoms with van der Waals surface area (Å²) < 4.78 is 6.99. The van der Waals surface area contributed by atoms with Gasteiger partial charge in [-0.3, -0.25) is 4.90 Å². The highest BCUT2D eigenvalue weighted by Gasteiger charge is 2.16. The molecule has 1 fully saturated rings. The van der Waals surface area contributed by atoms with Crippen molar-refractivity contribution >= 4 is 22.6 Å². The summed E-state index contributed by atoms with van der Waals surface area (Å²) in [7, 11) is 0. The van der Waals surface area contributed by atoms with Crippen LogP contribution in [0.1, 0.15) is 13.3 Å². The van der Waals surface area contributed by atoms with Gasteiger partial charge in [0.05, 0.1) is 6.61 Å². The second-order valence-electron chi connectivity index (χ2n) is 4.75. The Morgan fingerprint density at radius 1 is 1.50 bits per heavy atom. The molecule has 0 radical (unpaired) electrons. The van der Waals surface area contributed by atoms with Crippen LogP contribution in [0.2, 0.25) is 0 Å². The Kier molecular flexibility index (Phi) is 5.72. The summed E-state index contributed by atoms with van der Waals surface area (Å²) in [6.07, 6.45) is 1.09. The Balaban J connectivity index is 1.66. The molecule has 1 saturated heterocycles. The fourth-order valence-electron chi connectivity index (χ4n) is 2.23. The highest BCUT2D eigenvalue weighted by molar-refractivity contribution is 14.1. The smallest absolute Gasteiger partial charge is 0.120 e. The van der Waals surface area contributed by atoms with Crippen molar-refractivity contribution in [1.82, 2.24) is 10.2 Å². The van der Waals surface area contributed by atoms with E-state index in [1.54, 1.807) is 0 Å². The summed E-state index contributed by atoms with van der Waals surface area (Å²) in [5.41, 5.74) is 0. The van der Waals surface area contributed by atoms with Crippen LogP contribution in [0.4, 0.5) is 0 Å². The first-order valence-corrected chi connectivity index (χ1v) is 7.67. The fourth-order valence-corrected chi connectivity index (χ4v) is 2.74. The van der Waals surface area contributed by atoms with Crippen molar-refractivity contribution in [3.05, 3.63) is 27.8 Å². The molecule has 1 aliphatic heterocycles. The minimum Gasteiger partial charge on any atom is -0.494 e. The number of piperazine rings is 1. The second-order valence-corrected chi connectivity index (χ2v) is 5.99.